The first kappa shape index (κ1) is 19.5. The molecule has 1 aromatic heterocycles. The maximum atomic E-state index is 12.7. The molecule has 0 radical (unpaired) electrons. The van der Waals surface area contributed by atoms with Gasteiger partial charge in [-0.1, -0.05) is 51.1 Å². The van der Waals surface area contributed by atoms with Crippen LogP contribution in [0.25, 0.3) is 0 Å². The third kappa shape index (κ3) is 4.95. The lowest BCUT2D eigenvalue weighted by molar-refractivity contribution is -0.126. The molecule has 27 heavy (non-hydrogen) atoms. The molecule has 0 unspecified atom stereocenters. The van der Waals surface area contributed by atoms with E-state index in [0.717, 1.165) is 10.6 Å². The van der Waals surface area contributed by atoms with Gasteiger partial charge in [0.25, 0.3) is 5.91 Å². The monoisotopic (exact) mass is 385 g/mol. The van der Waals surface area contributed by atoms with E-state index in [1.165, 1.54) is 11.3 Å². The van der Waals surface area contributed by atoms with Crippen molar-refractivity contribution in [2.24, 2.45) is 5.92 Å². The summed E-state index contributed by atoms with van der Waals surface area (Å²) in [5.74, 6) is 0.0919. The molecule has 0 atom stereocenters. The van der Waals surface area contributed by atoms with Crippen molar-refractivity contribution in [3.8, 4) is 0 Å². The van der Waals surface area contributed by atoms with Crippen molar-refractivity contribution in [2.45, 2.75) is 45.6 Å². The molecular formula is C21H27N3O2S. The Morgan fingerprint density at radius 2 is 1.85 bits per heavy atom. The Morgan fingerprint density at radius 1 is 1.19 bits per heavy atom. The summed E-state index contributed by atoms with van der Waals surface area (Å²) in [5, 5.41) is 3.99. The summed E-state index contributed by atoms with van der Waals surface area (Å²) < 4.78 is 0. The first-order valence-corrected chi connectivity index (χ1v) is 10.2. The van der Waals surface area contributed by atoms with Crippen molar-refractivity contribution < 1.29 is 9.59 Å². The molecule has 1 aromatic carbocycles. The summed E-state index contributed by atoms with van der Waals surface area (Å²) >= 11 is 1.47. The number of rotatable bonds is 4. The number of nitrogens with zero attached hydrogens (tertiary/aromatic N) is 2. The molecule has 3 rings (SSSR count). The fraction of sp³-hybridized carbons (Fsp3) is 0.476. The topological polar surface area (TPSA) is 62.3 Å². The molecule has 1 fully saturated rings. The number of likely N-dealkylation sites (tertiary alicyclic amines) is 1. The number of amides is 2. The van der Waals surface area contributed by atoms with Gasteiger partial charge in [0, 0.05) is 31.0 Å². The number of aromatic nitrogens is 1. The van der Waals surface area contributed by atoms with E-state index in [9.17, 15) is 9.59 Å². The summed E-state index contributed by atoms with van der Waals surface area (Å²) in [4.78, 5) is 32.1. The molecule has 0 spiro atoms. The SMILES string of the molecule is CC(C)(C)c1ncc(C(=O)N2CCC(C(=O)NCc3ccccc3)CC2)s1. The standard InChI is InChI=1S/C21H27N3O2S/c1-21(2,3)20-23-14-17(27-20)19(26)24-11-9-16(10-12-24)18(25)22-13-15-7-5-4-6-8-15/h4-8,14,16H,9-13H2,1-3H3,(H,22,25). The van der Waals surface area contributed by atoms with Gasteiger partial charge in [-0.15, -0.1) is 11.3 Å². The largest absolute Gasteiger partial charge is 0.352 e. The Hall–Kier alpha value is -2.21. The summed E-state index contributed by atoms with van der Waals surface area (Å²) in [5.41, 5.74) is 1.05. The van der Waals surface area contributed by atoms with Crippen LogP contribution in [0.4, 0.5) is 0 Å². The molecule has 1 aliphatic rings. The van der Waals surface area contributed by atoms with E-state index in [1.54, 1.807) is 6.20 Å². The van der Waals surface area contributed by atoms with Gasteiger partial charge in [-0.2, -0.15) is 0 Å². The number of carbonyl (C=O) groups excluding carboxylic acids is 2. The molecule has 5 nitrogen and oxygen atoms in total. The third-order valence-corrected chi connectivity index (χ3v) is 6.23. The predicted molar refractivity (Wildman–Crippen MR) is 108 cm³/mol. The Bertz CT molecular complexity index is 787. The maximum absolute atomic E-state index is 12.7. The number of nitrogens with one attached hydrogen (secondary N) is 1. The second kappa shape index (κ2) is 8.21. The summed E-state index contributed by atoms with van der Waals surface area (Å²) in [6.45, 7) is 8.07. The Morgan fingerprint density at radius 3 is 2.44 bits per heavy atom. The molecule has 2 heterocycles. The minimum absolute atomic E-state index is 0.0237. The van der Waals surface area contributed by atoms with Crippen LogP contribution in [0.3, 0.4) is 0 Å². The zero-order valence-corrected chi connectivity index (χ0v) is 17.0. The zero-order chi connectivity index (χ0) is 19.4. The van der Waals surface area contributed by atoms with E-state index in [-0.39, 0.29) is 23.1 Å². The zero-order valence-electron chi connectivity index (χ0n) is 16.2. The Balaban J connectivity index is 1.50. The fourth-order valence-electron chi connectivity index (χ4n) is 3.15. The number of piperidine rings is 1. The number of benzene rings is 1. The average molecular weight is 386 g/mol. The van der Waals surface area contributed by atoms with Gasteiger partial charge in [0.2, 0.25) is 5.91 Å². The fourth-order valence-corrected chi connectivity index (χ4v) is 4.09. The van der Waals surface area contributed by atoms with Gasteiger partial charge < -0.3 is 10.2 Å². The highest BCUT2D eigenvalue weighted by molar-refractivity contribution is 7.13. The number of thiazole rings is 1. The van der Waals surface area contributed by atoms with E-state index >= 15 is 0 Å². The van der Waals surface area contributed by atoms with Crippen molar-refractivity contribution in [3.63, 3.8) is 0 Å². The van der Waals surface area contributed by atoms with Crippen LogP contribution in [0.15, 0.2) is 36.5 Å². The Kier molecular flexibility index (Phi) is 5.95. The molecule has 0 saturated carbocycles. The highest BCUT2D eigenvalue weighted by Gasteiger charge is 2.29. The molecule has 144 valence electrons. The van der Waals surface area contributed by atoms with Gasteiger partial charge in [-0.3, -0.25) is 9.59 Å². The molecule has 1 saturated heterocycles. The number of carbonyl (C=O) groups is 2. The van der Waals surface area contributed by atoms with Gasteiger partial charge in [-0.05, 0) is 18.4 Å². The minimum Gasteiger partial charge on any atom is -0.352 e. The highest BCUT2D eigenvalue weighted by Crippen LogP contribution is 2.28. The van der Waals surface area contributed by atoms with Crippen LogP contribution in [0, 0.1) is 5.92 Å². The molecule has 2 aromatic rings. The molecule has 6 heteroatoms. The van der Waals surface area contributed by atoms with Crippen LogP contribution in [-0.4, -0.2) is 34.8 Å². The van der Waals surface area contributed by atoms with E-state index in [2.05, 4.69) is 31.1 Å². The van der Waals surface area contributed by atoms with Gasteiger partial charge in [0.1, 0.15) is 4.88 Å². The number of hydrogen-bond acceptors (Lipinski definition) is 4. The van der Waals surface area contributed by atoms with Crippen molar-refractivity contribution >= 4 is 23.2 Å². The highest BCUT2D eigenvalue weighted by atomic mass is 32.1. The van der Waals surface area contributed by atoms with Gasteiger partial charge in [0.05, 0.1) is 11.2 Å². The lowest BCUT2D eigenvalue weighted by Crippen LogP contribution is -2.42. The van der Waals surface area contributed by atoms with Crippen LogP contribution in [-0.2, 0) is 16.8 Å². The maximum Gasteiger partial charge on any atom is 0.265 e. The molecular weight excluding hydrogens is 358 g/mol. The van der Waals surface area contributed by atoms with Crippen molar-refractivity contribution in [1.82, 2.24) is 15.2 Å². The number of hydrogen-bond donors (Lipinski definition) is 1. The van der Waals surface area contributed by atoms with E-state index in [4.69, 9.17) is 0 Å². The van der Waals surface area contributed by atoms with Crippen LogP contribution in [0.5, 0.6) is 0 Å². The second-order valence-corrected chi connectivity index (χ2v) is 9.08. The van der Waals surface area contributed by atoms with Gasteiger partial charge in [0.15, 0.2) is 0 Å². The second-order valence-electron chi connectivity index (χ2n) is 8.05. The molecule has 0 bridgehead atoms. The van der Waals surface area contributed by atoms with Crippen LogP contribution in [0.1, 0.15) is 53.9 Å². The van der Waals surface area contributed by atoms with Gasteiger partial charge in [-0.25, -0.2) is 4.98 Å². The summed E-state index contributed by atoms with van der Waals surface area (Å²) in [6, 6.07) is 9.91. The van der Waals surface area contributed by atoms with Crippen molar-refractivity contribution in [1.29, 1.82) is 0 Å². The first-order chi connectivity index (χ1) is 12.8. The van der Waals surface area contributed by atoms with Gasteiger partial charge >= 0.3 is 0 Å². The molecule has 2 amide bonds. The molecule has 1 N–H and O–H groups in total. The van der Waals surface area contributed by atoms with Crippen LogP contribution in [0.2, 0.25) is 0 Å². The predicted octanol–water partition coefficient (Wildman–Crippen LogP) is 3.61. The first-order valence-electron chi connectivity index (χ1n) is 9.42. The van der Waals surface area contributed by atoms with Crippen molar-refractivity contribution in [3.05, 3.63) is 52.0 Å². The third-order valence-electron chi connectivity index (χ3n) is 4.82. The van der Waals surface area contributed by atoms with Crippen LogP contribution < -0.4 is 5.32 Å². The van der Waals surface area contributed by atoms with E-state index < -0.39 is 0 Å². The minimum atomic E-state index is -0.0486. The van der Waals surface area contributed by atoms with Crippen molar-refractivity contribution in [2.75, 3.05) is 13.1 Å². The summed E-state index contributed by atoms with van der Waals surface area (Å²) in [6.07, 6.45) is 3.10. The molecule has 0 aliphatic carbocycles. The van der Waals surface area contributed by atoms with E-state index in [1.807, 2.05) is 35.2 Å². The average Bonchev–Trinajstić information content (AvgIpc) is 3.17. The Labute approximate surface area is 164 Å². The summed E-state index contributed by atoms with van der Waals surface area (Å²) in [7, 11) is 0. The normalized spacial score (nSPS) is 15.6. The van der Waals surface area contributed by atoms with E-state index in [0.29, 0.717) is 37.4 Å². The quantitative estimate of drug-likeness (QED) is 0.874. The smallest absolute Gasteiger partial charge is 0.265 e. The lowest BCUT2D eigenvalue weighted by Gasteiger charge is -2.31. The molecule has 1 aliphatic heterocycles. The lowest BCUT2D eigenvalue weighted by atomic mass is 9.95. The van der Waals surface area contributed by atoms with Crippen LogP contribution >= 0.6 is 11.3 Å².